The number of hydrogen-bond acceptors (Lipinski definition) is 6. The number of ether oxygens (including phenoxy) is 1. The highest BCUT2D eigenvalue weighted by Gasteiger charge is 2.21. The third-order valence-corrected chi connectivity index (χ3v) is 5.01. The first kappa shape index (κ1) is 16.0. The van der Waals surface area contributed by atoms with E-state index >= 15 is 0 Å². The standard InChI is InChI=1S/C17H14ClN5OS/c1-24-12-5-2-10(3-6-12)15-9-25-17-21-20-16(23(17)22-15)13-7-4-11(18)8-14(13)19/h2-8H,9,19H2,1H3. The maximum Gasteiger partial charge on any atom is 0.212 e. The molecule has 0 unspecified atom stereocenters. The zero-order chi connectivity index (χ0) is 17.4. The number of nitrogens with zero attached hydrogens (tertiary/aromatic N) is 4. The smallest absolute Gasteiger partial charge is 0.212 e. The molecular weight excluding hydrogens is 358 g/mol. The number of rotatable bonds is 3. The summed E-state index contributed by atoms with van der Waals surface area (Å²) >= 11 is 7.57. The number of nitrogen functional groups attached to an aromatic ring is 1. The van der Waals surface area contributed by atoms with Gasteiger partial charge in [0, 0.05) is 22.0 Å². The molecule has 126 valence electrons. The van der Waals surface area contributed by atoms with E-state index in [1.165, 1.54) is 0 Å². The number of halogens is 1. The molecule has 0 spiro atoms. The molecular formula is C17H14ClN5OS. The van der Waals surface area contributed by atoms with E-state index in [0.717, 1.165) is 33.5 Å². The minimum atomic E-state index is 0.541. The van der Waals surface area contributed by atoms with Crippen LogP contribution in [0.4, 0.5) is 5.69 Å². The van der Waals surface area contributed by atoms with Crippen molar-refractivity contribution in [3.63, 3.8) is 0 Å². The van der Waals surface area contributed by atoms with Crippen LogP contribution >= 0.6 is 23.4 Å². The summed E-state index contributed by atoms with van der Waals surface area (Å²) < 4.78 is 6.93. The molecule has 3 aromatic rings. The average Bonchev–Trinajstić information content (AvgIpc) is 3.05. The second-order valence-corrected chi connectivity index (χ2v) is 6.79. The Labute approximate surface area is 153 Å². The SMILES string of the molecule is COc1ccc(C2=Nn3c(nnc3-c3ccc(Cl)cc3N)SC2)cc1. The second kappa shape index (κ2) is 6.42. The molecule has 6 nitrogen and oxygen atoms in total. The Balaban J connectivity index is 1.77. The van der Waals surface area contributed by atoms with Crippen LogP contribution in [0.15, 0.2) is 52.7 Å². The zero-order valence-electron chi connectivity index (χ0n) is 13.3. The van der Waals surface area contributed by atoms with E-state index in [-0.39, 0.29) is 0 Å². The second-order valence-electron chi connectivity index (χ2n) is 5.41. The molecule has 1 aliphatic heterocycles. The lowest BCUT2D eigenvalue weighted by Gasteiger charge is -2.14. The van der Waals surface area contributed by atoms with E-state index < -0.39 is 0 Å². The molecule has 25 heavy (non-hydrogen) atoms. The predicted octanol–water partition coefficient (Wildman–Crippen LogP) is 3.55. The third-order valence-electron chi connectivity index (χ3n) is 3.85. The number of aromatic nitrogens is 3. The van der Waals surface area contributed by atoms with Crippen molar-refractivity contribution in [3.8, 4) is 17.1 Å². The first-order chi connectivity index (χ1) is 12.2. The van der Waals surface area contributed by atoms with Crippen LogP contribution in [0.3, 0.4) is 0 Å². The highest BCUT2D eigenvalue weighted by molar-refractivity contribution is 7.99. The molecule has 1 aliphatic rings. The lowest BCUT2D eigenvalue weighted by molar-refractivity contribution is 0.415. The number of nitrogens with two attached hydrogens (primary N) is 1. The maximum atomic E-state index is 6.09. The molecule has 2 heterocycles. The van der Waals surface area contributed by atoms with E-state index in [4.69, 9.17) is 27.2 Å². The van der Waals surface area contributed by atoms with E-state index in [2.05, 4.69) is 10.2 Å². The minimum absolute atomic E-state index is 0.541. The molecule has 0 saturated heterocycles. The molecule has 1 aromatic heterocycles. The molecule has 0 radical (unpaired) electrons. The van der Waals surface area contributed by atoms with Gasteiger partial charge >= 0.3 is 0 Å². The molecule has 4 rings (SSSR count). The Morgan fingerprint density at radius 3 is 2.68 bits per heavy atom. The van der Waals surface area contributed by atoms with Crippen molar-refractivity contribution in [3.05, 3.63) is 53.1 Å². The molecule has 2 N–H and O–H groups in total. The van der Waals surface area contributed by atoms with Crippen LogP contribution in [0.5, 0.6) is 5.75 Å². The molecule has 2 aromatic carbocycles. The van der Waals surface area contributed by atoms with Gasteiger partial charge in [-0.05, 0) is 48.0 Å². The van der Waals surface area contributed by atoms with Crippen molar-refractivity contribution in [2.24, 2.45) is 5.10 Å². The Morgan fingerprint density at radius 1 is 1.16 bits per heavy atom. The van der Waals surface area contributed by atoms with Crippen LogP contribution in [0.2, 0.25) is 5.02 Å². The first-order valence-electron chi connectivity index (χ1n) is 7.51. The lowest BCUT2D eigenvalue weighted by Crippen LogP contribution is -2.14. The van der Waals surface area contributed by atoms with Crippen LogP contribution < -0.4 is 10.5 Å². The molecule has 0 atom stereocenters. The van der Waals surface area contributed by atoms with Crippen LogP contribution in [-0.2, 0) is 0 Å². The van der Waals surface area contributed by atoms with Crippen molar-refractivity contribution in [1.82, 2.24) is 14.9 Å². The fraction of sp³-hybridized carbons (Fsp3) is 0.118. The third kappa shape index (κ3) is 2.96. The van der Waals surface area contributed by atoms with Gasteiger partial charge < -0.3 is 10.5 Å². The van der Waals surface area contributed by atoms with Gasteiger partial charge in [-0.15, -0.1) is 10.2 Å². The van der Waals surface area contributed by atoms with Crippen LogP contribution in [0, 0.1) is 0 Å². The average molecular weight is 372 g/mol. The summed E-state index contributed by atoms with van der Waals surface area (Å²) in [4.78, 5) is 0. The van der Waals surface area contributed by atoms with Gasteiger partial charge in [0.05, 0.1) is 12.8 Å². The summed E-state index contributed by atoms with van der Waals surface area (Å²) in [6.07, 6.45) is 0. The van der Waals surface area contributed by atoms with Crippen molar-refractivity contribution < 1.29 is 4.74 Å². The highest BCUT2D eigenvalue weighted by Crippen LogP contribution is 2.32. The minimum Gasteiger partial charge on any atom is -0.497 e. The fourth-order valence-electron chi connectivity index (χ4n) is 2.56. The molecule has 0 amide bonds. The molecule has 0 bridgehead atoms. The van der Waals surface area contributed by atoms with Crippen LogP contribution in [-0.4, -0.2) is 33.4 Å². The van der Waals surface area contributed by atoms with E-state index in [0.29, 0.717) is 16.5 Å². The molecule has 0 fully saturated rings. The summed E-state index contributed by atoms with van der Waals surface area (Å²) in [5, 5.41) is 14.5. The van der Waals surface area contributed by atoms with Gasteiger partial charge in [-0.1, -0.05) is 23.4 Å². The number of hydrogen-bond donors (Lipinski definition) is 1. The molecule has 8 heteroatoms. The molecule has 0 saturated carbocycles. The Bertz CT molecular complexity index is 968. The normalized spacial score (nSPS) is 13.3. The number of fused-ring (bicyclic) bond motifs is 1. The van der Waals surface area contributed by atoms with Crippen LogP contribution in [0.1, 0.15) is 5.56 Å². The summed E-state index contributed by atoms with van der Waals surface area (Å²) in [5.41, 5.74) is 9.35. The first-order valence-corrected chi connectivity index (χ1v) is 8.88. The van der Waals surface area contributed by atoms with Gasteiger partial charge in [0.2, 0.25) is 5.16 Å². The maximum absolute atomic E-state index is 6.09. The van der Waals surface area contributed by atoms with Gasteiger partial charge in [0.15, 0.2) is 5.82 Å². The number of thioether (sulfide) groups is 1. The Kier molecular flexibility index (Phi) is 4.10. The van der Waals surface area contributed by atoms with Crippen molar-refractivity contribution in [2.45, 2.75) is 5.16 Å². The fourth-order valence-corrected chi connectivity index (χ4v) is 3.58. The van der Waals surface area contributed by atoms with Gasteiger partial charge in [-0.25, -0.2) is 0 Å². The summed E-state index contributed by atoms with van der Waals surface area (Å²) in [7, 11) is 1.65. The van der Waals surface area contributed by atoms with Gasteiger partial charge in [0.25, 0.3) is 0 Å². The van der Waals surface area contributed by atoms with E-state index in [1.807, 2.05) is 30.3 Å². The monoisotopic (exact) mass is 371 g/mol. The quantitative estimate of drug-likeness (QED) is 0.712. The molecule has 0 aliphatic carbocycles. The van der Waals surface area contributed by atoms with Crippen LogP contribution in [0.25, 0.3) is 11.4 Å². The highest BCUT2D eigenvalue weighted by atomic mass is 35.5. The number of benzene rings is 2. The summed E-state index contributed by atoms with van der Waals surface area (Å²) in [6, 6.07) is 13.1. The Morgan fingerprint density at radius 2 is 1.96 bits per heavy atom. The topological polar surface area (TPSA) is 78.3 Å². The predicted molar refractivity (Wildman–Crippen MR) is 101 cm³/mol. The van der Waals surface area contributed by atoms with Crippen molar-refractivity contribution >= 4 is 34.8 Å². The lowest BCUT2D eigenvalue weighted by atomic mass is 10.1. The Hall–Kier alpha value is -2.51. The van der Waals surface area contributed by atoms with Crippen molar-refractivity contribution in [1.29, 1.82) is 0 Å². The summed E-state index contributed by atoms with van der Waals surface area (Å²) in [6.45, 7) is 0. The van der Waals surface area contributed by atoms with Crippen molar-refractivity contribution in [2.75, 3.05) is 18.6 Å². The van der Waals surface area contributed by atoms with E-state index in [1.54, 1.807) is 35.7 Å². The van der Waals surface area contributed by atoms with E-state index in [9.17, 15) is 0 Å². The summed E-state index contributed by atoms with van der Waals surface area (Å²) in [5.74, 6) is 2.13. The van der Waals surface area contributed by atoms with Gasteiger partial charge in [-0.2, -0.15) is 9.78 Å². The number of anilines is 1. The number of methoxy groups -OCH3 is 1. The largest absolute Gasteiger partial charge is 0.497 e. The van der Waals surface area contributed by atoms with Gasteiger partial charge in [0.1, 0.15) is 5.75 Å². The van der Waals surface area contributed by atoms with Gasteiger partial charge in [-0.3, -0.25) is 0 Å². The zero-order valence-corrected chi connectivity index (χ0v) is 14.9.